The van der Waals surface area contributed by atoms with Crippen molar-refractivity contribution in [2.45, 2.75) is 25.6 Å². The van der Waals surface area contributed by atoms with Gasteiger partial charge < -0.3 is 24.4 Å². The predicted octanol–water partition coefficient (Wildman–Crippen LogP) is 3.08. The van der Waals surface area contributed by atoms with Gasteiger partial charge in [0.25, 0.3) is 5.91 Å². The second-order valence-electron chi connectivity index (χ2n) is 6.88. The Morgan fingerprint density at radius 1 is 1.21 bits per heavy atom. The van der Waals surface area contributed by atoms with Crippen LogP contribution in [0.3, 0.4) is 0 Å². The summed E-state index contributed by atoms with van der Waals surface area (Å²) in [4.78, 5) is 19.2. The minimum Gasteiger partial charge on any atom is -0.492 e. The fraction of sp³-hybridized carbons (Fsp3) is 0.429. The number of benzene rings is 1. The van der Waals surface area contributed by atoms with Gasteiger partial charge in [-0.3, -0.25) is 9.78 Å². The average molecular weight is 383 g/mol. The molecule has 28 heavy (non-hydrogen) atoms. The number of pyridine rings is 1. The zero-order chi connectivity index (χ0) is 19.4. The smallest absolute Gasteiger partial charge is 0.274 e. The molecule has 1 spiro atoms. The van der Waals surface area contributed by atoms with Crippen LogP contribution in [0.4, 0.5) is 11.4 Å². The molecular formula is C21H25N3O4. The van der Waals surface area contributed by atoms with Gasteiger partial charge in [-0.1, -0.05) is 12.1 Å². The van der Waals surface area contributed by atoms with E-state index in [0.717, 1.165) is 31.6 Å². The number of carbonyl (C=O) groups excluding carboxylic acids is 1. The highest BCUT2D eigenvalue weighted by Gasteiger charge is 2.39. The minimum absolute atomic E-state index is 0.259. The van der Waals surface area contributed by atoms with Crippen molar-refractivity contribution >= 4 is 17.3 Å². The van der Waals surface area contributed by atoms with E-state index in [1.165, 1.54) is 0 Å². The van der Waals surface area contributed by atoms with Crippen molar-refractivity contribution in [2.24, 2.45) is 0 Å². The summed E-state index contributed by atoms with van der Waals surface area (Å²) in [6.45, 7) is 5.42. The topological polar surface area (TPSA) is 72.9 Å². The summed E-state index contributed by atoms with van der Waals surface area (Å²) >= 11 is 0. The highest BCUT2D eigenvalue weighted by molar-refractivity contribution is 6.04. The van der Waals surface area contributed by atoms with Crippen molar-refractivity contribution < 1.29 is 19.0 Å². The number of piperidine rings is 1. The highest BCUT2D eigenvalue weighted by atomic mass is 16.7. The second-order valence-corrected chi connectivity index (χ2v) is 6.88. The lowest BCUT2D eigenvalue weighted by molar-refractivity contribution is -0.169. The molecule has 0 unspecified atom stereocenters. The summed E-state index contributed by atoms with van der Waals surface area (Å²) in [7, 11) is 0. The highest BCUT2D eigenvalue weighted by Crippen LogP contribution is 2.33. The van der Waals surface area contributed by atoms with E-state index in [4.69, 9.17) is 14.2 Å². The van der Waals surface area contributed by atoms with Crippen LogP contribution in [0.25, 0.3) is 0 Å². The molecule has 0 atom stereocenters. The van der Waals surface area contributed by atoms with Gasteiger partial charge in [-0.05, 0) is 31.2 Å². The largest absolute Gasteiger partial charge is 0.492 e. The molecule has 148 valence electrons. The Bertz CT molecular complexity index is 826. The molecule has 2 aliphatic heterocycles. The summed E-state index contributed by atoms with van der Waals surface area (Å²) in [6, 6.07) is 11.1. The predicted molar refractivity (Wildman–Crippen MR) is 106 cm³/mol. The van der Waals surface area contributed by atoms with Gasteiger partial charge in [-0.25, -0.2) is 0 Å². The normalized spacial score (nSPS) is 18.2. The van der Waals surface area contributed by atoms with Crippen molar-refractivity contribution in [2.75, 3.05) is 43.1 Å². The number of aromatic nitrogens is 1. The van der Waals surface area contributed by atoms with Gasteiger partial charge in [0.2, 0.25) is 0 Å². The standard InChI is InChI=1S/C21H25N3O4/c1-2-26-19-6-4-3-5-17(19)23-20(25)18-15-16(7-10-22-18)24-11-8-21(9-12-24)27-13-14-28-21/h3-7,10,15H,2,8-9,11-14H2,1H3,(H,23,25). The van der Waals surface area contributed by atoms with Crippen LogP contribution >= 0.6 is 0 Å². The third-order valence-corrected chi connectivity index (χ3v) is 5.12. The van der Waals surface area contributed by atoms with Crippen molar-refractivity contribution in [1.82, 2.24) is 4.98 Å². The number of hydrogen-bond acceptors (Lipinski definition) is 6. The molecule has 1 N–H and O–H groups in total. The zero-order valence-electron chi connectivity index (χ0n) is 16.0. The lowest BCUT2D eigenvalue weighted by Gasteiger charge is -2.38. The van der Waals surface area contributed by atoms with E-state index >= 15 is 0 Å². The summed E-state index contributed by atoms with van der Waals surface area (Å²) in [5, 5.41) is 2.90. The summed E-state index contributed by atoms with van der Waals surface area (Å²) in [6.07, 6.45) is 3.31. The number of nitrogens with one attached hydrogen (secondary N) is 1. The Morgan fingerprint density at radius 3 is 2.71 bits per heavy atom. The Morgan fingerprint density at radius 2 is 1.96 bits per heavy atom. The van der Waals surface area contributed by atoms with Crippen LogP contribution in [0.5, 0.6) is 5.75 Å². The number of carbonyl (C=O) groups is 1. The van der Waals surface area contributed by atoms with Crippen LogP contribution in [-0.4, -0.2) is 49.6 Å². The molecule has 0 radical (unpaired) electrons. The molecule has 0 aliphatic carbocycles. The van der Waals surface area contributed by atoms with E-state index in [1.54, 1.807) is 6.20 Å². The molecule has 7 heteroatoms. The van der Waals surface area contributed by atoms with Crippen LogP contribution in [-0.2, 0) is 9.47 Å². The maximum Gasteiger partial charge on any atom is 0.274 e. The summed E-state index contributed by atoms with van der Waals surface area (Å²) in [5.74, 6) is -0.0236. The van der Waals surface area contributed by atoms with Gasteiger partial charge in [0.15, 0.2) is 5.79 Å². The van der Waals surface area contributed by atoms with E-state index in [2.05, 4.69) is 15.2 Å². The van der Waals surface area contributed by atoms with E-state index in [0.29, 0.717) is 37.0 Å². The second kappa shape index (κ2) is 8.16. The molecule has 0 bridgehead atoms. The van der Waals surface area contributed by atoms with Gasteiger partial charge in [0.1, 0.15) is 11.4 Å². The molecule has 2 saturated heterocycles. The lowest BCUT2D eigenvalue weighted by atomic mass is 10.0. The van der Waals surface area contributed by atoms with Crippen molar-refractivity contribution in [3.8, 4) is 5.75 Å². The number of nitrogens with zero attached hydrogens (tertiary/aromatic N) is 2. The van der Waals surface area contributed by atoms with Crippen molar-refractivity contribution in [1.29, 1.82) is 0 Å². The number of amides is 1. The van der Waals surface area contributed by atoms with Gasteiger partial charge >= 0.3 is 0 Å². The SMILES string of the molecule is CCOc1ccccc1NC(=O)c1cc(N2CCC3(CC2)OCCO3)ccn1. The summed E-state index contributed by atoms with van der Waals surface area (Å²) < 4.78 is 17.1. The maximum atomic E-state index is 12.7. The molecular weight excluding hydrogens is 358 g/mol. The Hall–Kier alpha value is -2.64. The fourth-order valence-corrected chi connectivity index (χ4v) is 3.67. The number of hydrogen-bond donors (Lipinski definition) is 1. The molecule has 7 nitrogen and oxygen atoms in total. The Balaban J connectivity index is 1.44. The molecule has 0 saturated carbocycles. The molecule has 1 amide bonds. The van der Waals surface area contributed by atoms with Gasteiger partial charge in [0, 0.05) is 37.8 Å². The summed E-state index contributed by atoms with van der Waals surface area (Å²) in [5.41, 5.74) is 1.99. The molecule has 4 rings (SSSR count). The van der Waals surface area contributed by atoms with Crippen molar-refractivity contribution in [3.63, 3.8) is 0 Å². The first-order valence-corrected chi connectivity index (χ1v) is 9.71. The van der Waals surface area contributed by atoms with Crippen molar-refractivity contribution in [3.05, 3.63) is 48.3 Å². The Labute approximate surface area is 164 Å². The van der Waals surface area contributed by atoms with Gasteiger partial charge in [-0.2, -0.15) is 0 Å². The molecule has 1 aromatic carbocycles. The fourth-order valence-electron chi connectivity index (χ4n) is 3.67. The van der Waals surface area contributed by atoms with Crippen LogP contribution in [0.15, 0.2) is 42.6 Å². The maximum absolute atomic E-state index is 12.7. The zero-order valence-corrected chi connectivity index (χ0v) is 16.0. The third-order valence-electron chi connectivity index (χ3n) is 5.12. The van der Waals surface area contributed by atoms with E-state index < -0.39 is 5.79 Å². The van der Waals surface area contributed by atoms with E-state index in [-0.39, 0.29) is 5.91 Å². The number of ether oxygens (including phenoxy) is 3. The minimum atomic E-state index is -0.410. The van der Waals surface area contributed by atoms with Crippen LogP contribution < -0.4 is 15.0 Å². The quantitative estimate of drug-likeness (QED) is 0.855. The molecule has 2 aliphatic rings. The van der Waals surface area contributed by atoms with Gasteiger partial charge in [0.05, 0.1) is 25.5 Å². The van der Waals surface area contributed by atoms with Crippen LogP contribution in [0.1, 0.15) is 30.3 Å². The third kappa shape index (κ3) is 3.95. The average Bonchev–Trinajstić information content (AvgIpc) is 3.18. The molecule has 2 fully saturated rings. The first-order chi connectivity index (χ1) is 13.7. The Kier molecular flexibility index (Phi) is 5.45. The lowest BCUT2D eigenvalue weighted by Crippen LogP contribution is -2.45. The monoisotopic (exact) mass is 383 g/mol. The first kappa shape index (κ1) is 18.7. The number of rotatable bonds is 5. The number of para-hydroxylation sites is 2. The van der Waals surface area contributed by atoms with Crippen LogP contribution in [0.2, 0.25) is 0 Å². The molecule has 1 aromatic heterocycles. The molecule has 3 heterocycles. The van der Waals surface area contributed by atoms with E-state index in [9.17, 15) is 4.79 Å². The van der Waals surface area contributed by atoms with Gasteiger partial charge in [-0.15, -0.1) is 0 Å². The first-order valence-electron chi connectivity index (χ1n) is 9.71. The number of anilines is 2. The van der Waals surface area contributed by atoms with Crippen LogP contribution in [0, 0.1) is 0 Å². The molecule has 2 aromatic rings. The van der Waals surface area contributed by atoms with E-state index in [1.807, 2.05) is 43.3 Å².